The predicted molar refractivity (Wildman–Crippen MR) is 132 cm³/mol. The summed E-state index contributed by atoms with van der Waals surface area (Å²) in [6.45, 7) is 4.77. The van der Waals surface area contributed by atoms with E-state index in [0.29, 0.717) is 34.1 Å². The Morgan fingerprint density at radius 1 is 1.12 bits per heavy atom. The Balaban J connectivity index is 0.00000241. The van der Waals surface area contributed by atoms with Gasteiger partial charge in [0, 0.05) is 32.2 Å². The van der Waals surface area contributed by atoms with Crippen LogP contribution in [0.3, 0.4) is 0 Å². The SMILES string of the molecule is Cl.O=C(N(CCCN1CCOCC1)c1nc2c(F)cc(F)cc2s1)C12CC3CC(CC(C3)C1)C2. The lowest BCUT2D eigenvalue weighted by Crippen LogP contribution is -2.55. The number of nitrogens with zero attached hydrogens (tertiary/aromatic N) is 3. The molecule has 1 saturated heterocycles. The van der Waals surface area contributed by atoms with E-state index < -0.39 is 11.6 Å². The summed E-state index contributed by atoms with van der Waals surface area (Å²) in [7, 11) is 0. The van der Waals surface area contributed by atoms with Gasteiger partial charge in [0.15, 0.2) is 10.9 Å². The Morgan fingerprint density at radius 2 is 1.76 bits per heavy atom. The number of carbonyl (C=O) groups is 1. The van der Waals surface area contributed by atoms with Gasteiger partial charge in [0.05, 0.1) is 23.3 Å². The van der Waals surface area contributed by atoms with Crippen LogP contribution < -0.4 is 4.90 Å². The molecule has 0 unspecified atom stereocenters. The predicted octanol–water partition coefficient (Wildman–Crippen LogP) is 5.27. The summed E-state index contributed by atoms with van der Waals surface area (Å²) in [4.78, 5) is 22.9. The molecular formula is C25H32ClF2N3O2S. The molecule has 1 aromatic heterocycles. The molecule has 4 saturated carbocycles. The lowest BCUT2D eigenvalue weighted by Gasteiger charge is -2.56. The van der Waals surface area contributed by atoms with Crippen molar-refractivity contribution in [1.29, 1.82) is 0 Å². The Hall–Kier alpha value is -1.35. The van der Waals surface area contributed by atoms with Gasteiger partial charge in [-0.2, -0.15) is 0 Å². The van der Waals surface area contributed by atoms with E-state index in [4.69, 9.17) is 4.74 Å². The van der Waals surface area contributed by atoms with Crippen LogP contribution in [0, 0.1) is 34.8 Å². The van der Waals surface area contributed by atoms with E-state index in [1.807, 2.05) is 4.90 Å². The van der Waals surface area contributed by atoms with Gasteiger partial charge < -0.3 is 4.74 Å². The number of ether oxygens (including phenoxy) is 1. The Labute approximate surface area is 209 Å². The summed E-state index contributed by atoms with van der Waals surface area (Å²) in [6.07, 6.45) is 7.58. The second kappa shape index (κ2) is 9.60. The number of hydrogen-bond acceptors (Lipinski definition) is 5. The number of aromatic nitrogens is 1. The number of thiazole rings is 1. The van der Waals surface area contributed by atoms with E-state index in [1.54, 1.807) is 0 Å². The van der Waals surface area contributed by atoms with Crippen molar-refractivity contribution >= 4 is 45.0 Å². The number of amides is 1. The molecule has 0 atom stereocenters. The Kier molecular flexibility index (Phi) is 6.88. The van der Waals surface area contributed by atoms with Crippen LogP contribution >= 0.6 is 23.7 Å². The average Bonchev–Trinajstić information content (AvgIpc) is 3.20. The molecule has 186 valence electrons. The number of benzene rings is 1. The number of anilines is 1. The summed E-state index contributed by atoms with van der Waals surface area (Å²) in [5.74, 6) is 0.889. The molecule has 2 heterocycles. The topological polar surface area (TPSA) is 45.7 Å². The highest BCUT2D eigenvalue weighted by molar-refractivity contribution is 7.22. The Morgan fingerprint density at radius 3 is 2.41 bits per heavy atom. The third-order valence-corrected chi connectivity index (χ3v) is 9.35. The fourth-order valence-corrected chi connectivity index (χ4v) is 8.31. The van der Waals surface area contributed by atoms with Gasteiger partial charge in [0.1, 0.15) is 11.3 Å². The number of hydrogen-bond donors (Lipinski definition) is 0. The zero-order chi connectivity index (χ0) is 22.6. The van der Waals surface area contributed by atoms with Crippen molar-refractivity contribution in [2.75, 3.05) is 44.3 Å². The van der Waals surface area contributed by atoms with E-state index in [9.17, 15) is 13.6 Å². The summed E-state index contributed by atoms with van der Waals surface area (Å²) >= 11 is 1.23. The molecule has 1 aliphatic heterocycles. The van der Waals surface area contributed by atoms with Gasteiger partial charge in [-0.15, -0.1) is 12.4 Å². The van der Waals surface area contributed by atoms with Gasteiger partial charge in [-0.3, -0.25) is 14.6 Å². The fraction of sp³-hybridized carbons (Fsp3) is 0.680. The highest BCUT2D eigenvalue weighted by atomic mass is 35.5. The molecule has 5 nitrogen and oxygen atoms in total. The van der Waals surface area contributed by atoms with Crippen LogP contribution in [-0.2, 0) is 9.53 Å². The van der Waals surface area contributed by atoms with Crippen molar-refractivity contribution in [3.63, 3.8) is 0 Å². The highest BCUT2D eigenvalue weighted by Gasteiger charge is 2.56. The van der Waals surface area contributed by atoms with Gasteiger partial charge in [0.25, 0.3) is 0 Å². The minimum atomic E-state index is -0.664. The molecule has 7 rings (SSSR count). The minimum Gasteiger partial charge on any atom is -0.379 e. The summed E-state index contributed by atoms with van der Waals surface area (Å²) in [5, 5.41) is 0.511. The molecule has 34 heavy (non-hydrogen) atoms. The maximum Gasteiger partial charge on any atom is 0.235 e. The number of morpholine rings is 1. The van der Waals surface area contributed by atoms with Crippen molar-refractivity contribution < 1.29 is 18.3 Å². The van der Waals surface area contributed by atoms with Gasteiger partial charge in [-0.05, 0) is 68.8 Å². The third kappa shape index (κ3) is 4.47. The summed E-state index contributed by atoms with van der Waals surface area (Å²) in [6, 6.07) is 2.19. The molecule has 4 bridgehead atoms. The zero-order valence-corrected chi connectivity index (χ0v) is 20.9. The fourth-order valence-electron chi connectivity index (χ4n) is 7.28. The van der Waals surface area contributed by atoms with Crippen LogP contribution in [0.4, 0.5) is 13.9 Å². The lowest BCUT2D eigenvalue weighted by atomic mass is 9.49. The molecule has 2 aromatic rings. The first kappa shape index (κ1) is 24.3. The molecule has 1 amide bonds. The van der Waals surface area contributed by atoms with E-state index in [2.05, 4.69) is 9.88 Å². The molecule has 4 aliphatic carbocycles. The molecule has 0 spiro atoms. The zero-order valence-electron chi connectivity index (χ0n) is 19.3. The maximum absolute atomic E-state index is 14.4. The molecule has 0 radical (unpaired) electrons. The van der Waals surface area contributed by atoms with Crippen LogP contribution in [0.5, 0.6) is 0 Å². The van der Waals surface area contributed by atoms with Crippen LogP contribution in [-0.4, -0.2) is 55.2 Å². The monoisotopic (exact) mass is 511 g/mol. The first-order valence-corrected chi connectivity index (χ1v) is 13.2. The standard InChI is InChI=1S/C25H31F2N3O2S.ClH/c26-19-11-20(27)22-21(12-19)33-24(28-22)30(3-1-2-29-4-6-32-7-5-29)23(31)25-13-16-8-17(14-25)10-18(9-16)15-25;/h11-12,16-18H,1-10,13-15H2;1H. The van der Waals surface area contributed by atoms with E-state index in [-0.39, 0.29) is 29.2 Å². The van der Waals surface area contributed by atoms with Gasteiger partial charge in [0.2, 0.25) is 5.91 Å². The molecule has 5 fully saturated rings. The normalized spacial score (nSPS) is 30.5. The van der Waals surface area contributed by atoms with E-state index in [0.717, 1.165) is 64.6 Å². The van der Waals surface area contributed by atoms with Crippen molar-refractivity contribution in [2.45, 2.75) is 44.9 Å². The first-order chi connectivity index (χ1) is 16.0. The summed E-state index contributed by atoms with van der Waals surface area (Å²) in [5.41, 5.74) is -0.136. The third-order valence-electron chi connectivity index (χ3n) is 8.33. The number of carbonyl (C=O) groups excluding carboxylic acids is 1. The molecule has 0 N–H and O–H groups in total. The van der Waals surface area contributed by atoms with E-state index in [1.165, 1.54) is 36.7 Å². The largest absolute Gasteiger partial charge is 0.379 e. The van der Waals surface area contributed by atoms with Gasteiger partial charge in [-0.25, -0.2) is 13.8 Å². The lowest BCUT2D eigenvalue weighted by molar-refractivity contribution is -0.143. The highest BCUT2D eigenvalue weighted by Crippen LogP contribution is 2.60. The number of fused-ring (bicyclic) bond motifs is 1. The van der Waals surface area contributed by atoms with Crippen LogP contribution in [0.2, 0.25) is 0 Å². The van der Waals surface area contributed by atoms with Crippen LogP contribution in [0.15, 0.2) is 12.1 Å². The van der Waals surface area contributed by atoms with Gasteiger partial charge >= 0.3 is 0 Å². The van der Waals surface area contributed by atoms with Crippen molar-refractivity contribution in [3.05, 3.63) is 23.8 Å². The summed E-state index contributed by atoms with van der Waals surface area (Å²) < 4.78 is 34.1. The second-order valence-electron chi connectivity index (χ2n) is 10.7. The minimum absolute atomic E-state index is 0. The Bertz CT molecular complexity index is 1020. The molecule has 1 aromatic carbocycles. The quantitative estimate of drug-likeness (QED) is 0.530. The number of halogens is 3. The number of rotatable bonds is 6. The molecular weight excluding hydrogens is 480 g/mol. The van der Waals surface area contributed by atoms with Crippen molar-refractivity contribution in [1.82, 2.24) is 9.88 Å². The smallest absolute Gasteiger partial charge is 0.235 e. The van der Waals surface area contributed by atoms with Crippen molar-refractivity contribution in [3.8, 4) is 0 Å². The van der Waals surface area contributed by atoms with Gasteiger partial charge in [-0.1, -0.05) is 11.3 Å². The van der Waals surface area contributed by atoms with Crippen LogP contribution in [0.25, 0.3) is 10.2 Å². The van der Waals surface area contributed by atoms with E-state index >= 15 is 0 Å². The molecule has 5 aliphatic rings. The first-order valence-electron chi connectivity index (χ1n) is 12.4. The second-order valence-corrected chi connectivity index (χ2v) is 11.7. The maximum atomic E-state index is 14.4. The van der Waals surface area contributed by atoms with Crippen LogP contribution in [0.1, 0.15) is 44.9 Å². The molecule has 9 heteroatoms. The van der Waals surface area contributed by atoms with Crippen molar-refractivity contribution in [2.24, 2.45) is 23.2 Å². The average molecular weight is 512 g/mol.